The van der Waals surface area contributed by atoms with Gasteiger partial charge < -0.3 is 10.6 Å². The van der Waals surface area contributed by atoms with Crippen molar-refractivity contribution in [3.63, 3.8) is 0 Å². The quantitative estimate of drug-likeness (QED) is 0.696. The molecule has 0 saturated carbocycles. The summed E-state index contributed by atoms with van der Waals surface area (Å²) in [4.78, 5) is 15.0. The first-order chi connectivity index (χ1) is 13.9. The molecule has 7 heteroatoms. The van der Waals surface area contributed by atoms with Crippen molar-refractivity contribution in [2.45, 2.75) is 45.4 Å². The molecule has 0 spiro atoms. The van der Waals surface area contributed by atoms with Crippen molar-refractivity contribution < 1.29 is 4.79 Å². The summed E-state index contributed by atoms with van der Waals surface area (Å²) in [5.41, 5.74) is 1.82. The van der Waals surface area contributed by atoms with Crippen molar-refractivity contribution in [1.82, 2.24) is 20.0 Å². The Morgan fingerprint density at radius 3 is 2.43 bits per heavy atom. The lowest BCUT2D eigenvalue weighted by Crippen LogP contribution is -2.39. The lowest BCUT2D eigenvalue weighted by molar-refractivity contribution is -0.117. The second-order valence-electron chi connectivity index (χ2n) is 9.07. The van der Waals surface area contributed by atoms with Gasteiger partial charge in [-0.25, -0.2) is 4.68 Å². The zero-order valence-corrected chi connectivity index (χ0v) is 19.5. The van der Waals surface area contributed by atoms with E-state index in [1.165, 1.54) is 19.3 Å². The molecule has 2 aromatic rings. The number of benzene rings is 1. The molecule has 1 aromatic heterocycles. The number of nitrogens with one attached hydrogen (secondary N) is 2. The monoisotopic (exact) mass is 433 g/mol. The molecule has 6 nitrogen and oxygen atoms in total. The van der Waals surface area contributed by atoms with Crippen LogP contribution in [0, 0.1) is 5.92 Å². The number of para-hydroxylation sites is 1. The van der Waals surface area contributed by atoms with Crippen LogP contribution in [-0.4, -0.2) is 53.8 Å². The Bertz CT molecular complexity index is 792. The van der Waals surface area contributed by atoms with Crippen molar-refractivity contribution in [2.75, 3.05) is 38.5 Å². The number of carbonyl (C=O) groups is 1. The van der Waals surface area contributed by atoms with E-state index in [1.54, 1.807) is 0 Å². The molecule has 1 aliphatic rings. The third kappa shape index (κ3) is 6.56. The minimum Gasteiger partial charge on any atom is -0.320 e. The van der Waals surface area contributed by atoms with Crippen LogP contribution >= 0.6 is 12.4 Å². The number of carbonyl (C=O) groups excluding carboxylic acids is 1. The summed E-state index contributed by atoms with van der Waals surface area (Å²) < 4.78 is 1.84. The second-order valence-corrected chi connectivity index (χ2v) is 9.07. The van der Waals surface area contributed by atoms with Crippen LogP contribution in [0.4, 0.5) is 5.82 Å². The smallest absolute Gasteiger partial charge is 0.239 e. The van der Waals surface area contributed by atoms with Crippen LogP contribution in [0.25, 0.3) is 5.69 Å². The van der Waals surface area contributed by atoms with Gasteiger partial charge >= 0.3 is 0 Å². The van der Waals surface area contributed by atoms with E-state index in [2.05, 4.69) is 36.3 Å². The van der Waals surface area contributed by atoms with Crippen molar-refractivity contribution in [3.05, 3.63) is 42.1 Å². The summed E-state index contributed by atoms with van der Waals surface area (Å²) in [5, 5.41) is 11.1. The lowest BCUT2D eigenvalue weighted by atomic mass is 9.92. The first-order valence-corrected chi connectivity index (χ1v) is 10.7. The van der Waals surface area contributed by atoms with Gasteiger partial charge in [-0.3, -0.25) is 9.69 Å². The zero-order valence-electron chi connectivity index (χ0n) is 18.6. The number of anilines is 1. The Morgan fingerprint density at radius 1 is 1.17 bits per heavy atom. The highest BCUT2D eigenvalue weighted by Crippen LogP contribution is 2.26. The molecule has 0 bridgehead atoms. The molecule has 3 rings (SSSR count). The standard InChI is InChI=1S/C23H35N5O.ClH/c1-23(2,3)20-16-21(28(26-20)19-8-6-5-7-9-19)25-22(29)17-27-14-11-18(12-15-27)10-13-24-4;/h5-9,16,18,24H,10-15,17H2,1-4H3,(H,25,29);1H. The van der Waals surface area contributed by atoms with Crippen LogP contribution in [0.3, 0.4) is 0 Å². The molecule has 0 unspecified atom stereocenters. The van der Waals surface area contributed by atoms with E-state index >= 15 is 0 Å². The minimum absolute atomic E-state index is 0. The Kier molecular flexibility index (Phi) is 8.89. The van der Waals surface area contributed by atoms with Gasteiger partial charge in [0.05, 0.1) is 17.9 Å². The average Bonchev–Trinajstić information content (AvgIpc) is 3.12. The van der Waals surface area contributed by atoms with Gasteiger partial charge in [0.2, 0.25) is 5.91 Å². The molecule has 1 saturated heterocycles. The molecule has 1 aliphatic heterocycles. The topological polar surface area (TPSA) is 62.2 Å². The molecule has 166 valence electrons. The number of aromatic nitrogens is 2. The summed E-state index contributed by atoms with van der Waals surface area (Å²) in [6.45, 7) is 9.89. The molecule has 0 aliphatic carbocycles. The van der Waals surface area contributed by atoms with Crippen LogP contribution in [0.2, 0.25) is 0 Å². The minimum atomic E-state index is -0.0886. The summed E-state index contributed by atoms with van der Waals surface area (Å²) in [5.74, 6) is 1.53. The Hall–Kier alpha value is -1.89. The Morgan fingerprint density at radius 2 is 1.83 bits per heavy atom. The molecular formula is C23H36ClN5O. The third-order valence-corrected chi connectivity index (χ3v) is 5.62. The number of halogens is 1. The third-order valence-electron chi connectivity index (χ3n) is 5.62. The van der Waals surface area contributed by atoms with Gasteiger partial charge in [-0.1, -0.05) is 39.0 Å². The number of rotatable bonds is 7. The molecule has 1 aromatic carbocycles. The SMILES string of the molecule is CNCCC1CCN(CC(=O)Nc2cc(C(C)(C)C)nn2-c2ccccc2)CC1.Cl. The normalized spacial score (nSPS) is 15.6. The van der Waals surface area contributed by atoms with E-state index in [0.717, 1.165) is 42.8 Å². The molecule has 30 heavy (non-hydrogen) atoms. The summed E-state index contributed by atoms with van der Waals surface area (Å²) in [7, 11) is 2.00. The number of likely N-dealkylation sites (tertiary alicyclic amines) is 1. The number of nitrogens with zero attached hydrogens (tertiary/aromatic N) is 3. The predicted octanol–water partition coefficient (Wildman–Crippen LogP) is 3.85. The van der Waals surface area contributed by atoms with Gasteiger partial charge in [-0.05, 0) is 64.0 Å². The van der Waals surface area contributed by atoms with E-state index in [0.29, 0.717) is 6.54 Å². The fourth-order valence-corrected chi connectivity index (χ4v) is 3.77. The van der Waals surface area contributed by atoms with Crippen molar-refractivity contribution in [1.29, 1.82) is 0 Å². The summed E-state index contributed by atoms with van der Waals surface area (Å²) in [6.07, 6.45) is 3.57. The first-order valence-electron chi connectivity index (χ1n) is 10.7. The van der Waals surface area contributed by atoms with Crippen molar-refractivity contribution >= 4 is 24.1 Å². The first kappa shape index (κ1) is 24.4. The number of amides is 1. The molecule has 0 atom stereocenters. The van der Waals surface area contributed by atoms with Crippen LogP contribution in [0.1, 0.15) is 45.7 Å². The van der Waals surface area contributed by atoms with Crippen LogP contribution < -0.4 is 10.6 Å². The maximum absolute atomic E-state index is 12.8. The summed E-state index contributed by atoms with van der Waals surface area (Å²) >= 11 is 0. The van der Waals surface area contributed by atoms with Crippen LogP contribution in [-0.2, 0) is 10.2 Å². The van der Waals surface area contributed by atoms with Gasteiger partial charge in [0, 0.05) is 11.5 Å². The lowest BCUT2D eigenvalue weighted by Gasteiger charge is -2.31. The highest BCUT2D eigenvalue weighted by atomic mass is 35.5. The maximum Gasteiger partial charge on any atom is 0.239 e. The number of piperidine rings is 1. The second kappa shape index (κ2) is 10.9. The van der Waals surface area contributed by atoms with Gasteiger partial charge in [0.25, 0.3) is 0 Å². The molecule has 2 N–H and O–H groups in total. The Balaban J connectivity index is 0.00000320. The van der Waals surface area contributed by atoms with Gasteiger partial charge in [0.15, 0.2) is 0 Å². The molecule has 2 heterocycles. The van der Waals surface area contributed by atoms with E-state index in [4.69, 9.17) is 5.10 Å². The largest absolute Gasteiger partial charge is 0.320 e. The van der Waals surface area contributed by atoms with Gasteiger partial charge in [0.1, 0.15) is 5.82 Å². The molecule has 1 fully saturated rings. The molecule has 0 radical (unpaired) electrons. The number of hydrogen-bond donors (Lipinski definition) is 2. The van der Waals surface area contributed by atoms with E-state index in [-0.39, 0.29) is 23.7 Å². The molecular weight excluding hydrogens is 398 g/mol. The van der Waals surface area contributed by atoms with E-state index < -0.39 is 0 Å². The highest BCUT2D eigenvalue weighted by Gasteiger charge is 2.23. The fourth-order valence-electron chi connectivity index (χ4n) is 3.77. The van der Waals surface area contributed by atoms with Crippen LogP contribution in [0.15, 0.2) is 36.4 Å². The zero-order chi connectivity index (χ0) is 20.9. The fraction of sp³-hybridized carbons (Fsp3) is 0.565. The highest BCUT2D eigenvalue weighted by molar-refractivity contribution is 5.91. The van der Waals surface area contributed by atoms with E-state index in [1.807, 2.05) is 48.1 Å². The van der Waals surface area contributed by atoms with Crippen molar-refractivity contribution in [2.24, 2.45) is 5.92 Å². The van der Waals surface area contributed by atoms with Gasteiger partial charge in [-0.2, -0.15) is 5.10 Å². The van der Waals surface area contributed by atoms with Crippen LogP contribution in [0.5, 0.6) is 0 Å². The Labute approximate surface area is 186 Å². The van der Waals surface area contributed by atoms with Crippen molar-refractivity contribution in [3.8, 4) is 5.69 Å². The van der Waals surface area contributed by atoms with E-state index in [9.17, 15) is 4.79 Å². The van der Waals surface area contributed by atoms with Gasteiger partial charge in [-0.15, -0.1) is 12.4 Å². The maximum atomic E-state index is 12.8. The number of hydrogen-bond acceptors (Lipinski definition) is 4. The average molecular weight is 434 g/mol. The predicted molar refractivity (Wildman–Crippen MR) is 126 cm³/mol. The molecule has 1 amide bonds. The summed E-state index contributed by atoms with van der Waals surface area (Å²) in [6, 6.07) is 12.0.